The normalized spacial score (nSPS) is 11.2. The van der Waals surface area contributed by atoms with Crippen LogP contribution in [0.1, 0.15) is 19.4 Å². The lowest BCUT2D eigenvalue weighted by Gasteiger charge is -2.14. The molecule has 0 aliphatic rings. The average molecular weight is 388 g/mol. The summed E-state index contributed by atoms with van der Waals surface area (Å²) in [6.45, 7) is 6.68. The van der Waals surface area contributed by atoms with Gasteiger partial charge in [0.25, 0.3) is 5.56 Å². The van der Waals surface area contributed by atoms with Crippen molar-refractivity contribution in [2.24, 2.45) is 5.92 Å². The molecule has 5 nitrogen and oxygen atoms in total. The number of thiophene rings is 1. The topological polar surface area (TPSA) is 64.0 Å². The summed E-state index contributed by atoms with van der Waals surface area (Å²) in [5, 5.41) is 5.35. The van der Waals surface area contributed by atoms with Crippen molar-refractivity contribution >= 4 is 44.9 Å². The van der Waals surface area contributed by atoms with Gasteiger partial charge < -0.3 is 5.32 Å². The van der Waals surface area contributed by atoms with E-state index >= 15 is 0 Å². The summed E-state index contributed by atoms with van der Waals surface area (Å²) in [5.74, 6) is 0.400. The van der Waals surface area contributed by atoms with Crippen LogP contribution in [0.3, 0.4) is 0 Å². The Kier molecular flexibility index (Phi) is 5.78. The molecule has 1 amide bonds. The van der Waals surface area contributed by atoms with Crippen molar-refractivity contribution in [3.05, 3.63) is 51.6 Å². The summed E-state index contributed by atoms with van der Waals surface area (Å²) in [5.41, 5.74) is 2.53. The summed E-state index contributed by atoms with van der Waals surface area (Å²) in [6, 6.07) is 9.52. The fourth-order valence-electron chi connectivity index (χ4n) is 2.61. The van der Waals surface area contributed by atoms with Gasteiger partial charge >= 0.3 is 0 Å². The molecule has 0 spiro atoms. The second-order valence-electron chi connectivity index (χ2n) is 6.55. The van der Waals surface area contributed by atoms with E-state index in [0.717, 1.165) is 11.3 Å². The molecule has 0 saturated carbocycles. The van der Waals surface area contributed by atoms with Crippen LogP contribution in [0.15, 0.2) is 45.7 Å². The van der Waals surface area contributed by atoms with Crippen LogP contribution in [0.5, 0.6) is 0 Å². The Morgan fingerprint density at radius 1 is 1.35 bits per heavy atom. The number of aryl methyl sites for hydroxylation is 1. The maximum absolute atomic E-state index is 12.7. The average Bonchev–Trinajstić information content (AvgIpc) is 3.04. The Hall–Kier alpha value is -2.12. The number of hydrogen-bond donors (Lipinski definition) is 1. The molecule has 0 saturated heterocycles. The number of benzene rings is 1. The predicted octanol–water partition coefficient (Wildman–Crippen LogP) is 4.15. The number of anilines is 1. The van der Waals surface area contributed by atoms with Crippen molar-refractivity contribution in [1.29, 1.82) is 0 Å². The van der Waals surface area contributed by atoms with Crippen LogP contribution in [0.25, 0.3) is 10.2 Å². The minimum atomic E-state index is -0.114. The van der Waals surface area contributed by atoms with Gasteiger partial charge in [0.15, 0.2) is 5.16 Å². The fourth-order valence-corrected chi connectivity index (χ4v) is 4.20. The molecule has 7 heteroatoms. The molecule has 136 valence electrons. The van der Waals surface area contributed by atoms with Crippen molar-refractivity contribution in [2.75, 3.05) is 11.1 Å². The number of nitrogens with one attached hydrogen (secondary N) is 1. The summed E-state index contributed by atoms with van der Waals surface area (Å²) in [7, 11) is 0. The van der Waals surface area contributed by atoms with E-state index in [1.54, 1.807) is 4.57 Å². The monoisotopic (exact) mass is 387 g/mol. The van der Waals surface area contributed by atoms with Gasteiger partial charge in [0.2, 0.25) is 5.91 Å². The zero-order chi connectivity index (χ0) is 18.7. The van der Waals surface area contributed by atoms with Gasteiger partial charge in [0, 0.05) is 12.2 Å². The molecule has 1 N–H and O–H groups in total. The Bertz CT molecular complexity index is 992. The third kappa shape index (κ3) is 4.34. The van der Waals surface area contributed by atoms with Gasteiger partial charge in [0.1, 0.15) is 4.70 Å². The standard InChI is InChI=1S/C19H21N3O2S2/c1-12(2)10-22-18(24)17-15(7-8-25-17)21-19(22)26-11-16(23)20-14-6-4-5-13(3)9-14/h4-9,12H,10-11H2,1-3H3,(H,20,23). The largest absolute Gasteiger partial charge is 0.325 e. The molecule has 26 heavy (non-hydrogen) atoms. The molecular weight excluding hydrogens is 366 g/mol. The third-order valence-corrected chi connectivity index (χ3v) is 5.58. The van der Waals surface area contributed by atoms with Crippen LogP contribution in [-0.2, 0) is 11.3 Å². The van der Waals surface area contributed by atoms with E-state index < -0.39 is 0 Å². The van der Waals surface area contributed by atoms with Crippen LogP contribution >= 0.6 is 23.1 Å². The van der Waals surface area contributed by atoms with E-state index in [9.17, 15) is 9.59 Å². The molecule has 2 heterocycles. The van der Waals surface area contributed by atoms with E-state index in [-0.39, 0.29) is 17.2 Å². The lowest BCUT2D eigenvalue weighted by molar-refractivity contribution is -0.113. The third-order valence-electron chi connectivity index (χ3n) is 3.71. The van der Waals surface area contributed by atoms with Crippen LogP contribution in [0.2, 0.25) is 0 Å². The van der Waals surface area contributed by atoms with Crippen molar-refractivity contribution in [1.82, 2.24) is 9.55 Å². The van der Waals surface area contributed by atoms with Gasteiger partial charge in [0.05, 0.1) is 11.3 Å². The lowest BCUT2D eigenvalue weighted by Crippen LogP contribution is -2.25. The van der Waals surface area contributed by atoms with Crippen molar-refractivity contribution in [3.8, 4) is 0 Å². The number of amides is 1. The first-order valence-electron chi connectivity index (χ1n) is 8.41. The summed E-state index contributed by atoms with van der Waals surface area (Å²) < 4.78 is 2.35. The molecule has 1 aromatic carbocycles. The quantitative estimate of drug-likeness (QED) is 0.510. The first kappa shape index (κ1) is 18.7. The SMILES string of the molecule is Cc1cccc(NC(=O)CSc2nc3ccsc3c(=O)n2CC(C)C)c1. The van der Waals surface area contributed by atoms with Gasteiger partial charge in [-0.1, -0.05) is 37.7 Å². The highest BCUT2D eigenvalue weighted by atomic mass is 32.2. The van der Waals surface area contributed by atoms with E-state index in [2.05, 4.69) is 24.1 Å². The second kappa shape index (κ2) is 8.05. The molecule has 3 rings (SSSR count). The molecule has 0 radical (unpaired) electrons. The van der Waals surface area contributed by atoms with Gasteiger partial charge in [-0.05, 0) is 42.0 Å². The van der Waals surface area contributed by atoms with Crippen LogP contribution in [0.4, 0.5) is 5.69 Å². The Balaban J connectivity index is 1.79. The van der Waals surface area contributed by atoms with Crippen LogP contribution < -0.4 is 10.9 Å². The smallest absolute Gasteiger partial charge is 0.272 e. The van der Waals surface area contributed by atoms with Crippen molar-refractivity contribution in [3.63, 3.8) is 0 Å². The van der Waals surface area contributed by atoms with Crippen molar-refractivity contribution in [2.45, 2.75) is 32.5 Å². The number of fused-ring (bicyclic) bond motifs is 1. The number of rotatable bonds is 6. The number of hydrogen-bond acceptors (Lipinski definition) is 5. The van der Waals surface area contributed by atoms with Gasteiger partial charge in [-0.25, -0.2) is 4.98 Å². The molecule has 0 unspecified atom stereocenters. The predicted molar refractivity (Wildman–Crippen MR) is 109 cm³/mol. The zero-order valence-corrected chi connectivity index (χ0v) is 16.6. The van der Waals surface area contributed by atoms with Crippen LogP contribution in [-0.4, -0.2) is 21.2 Å². The highest BCUT2D eigenvalue weighted by Gasteiger charge is 2.15. The zero-order valence-electron chi connectivity index (χ0n) is 15.0. The highest BCUT2D eigenvalue weighted by Crippen LogP contribution is 2.22. The van der Waals surface area contributed by atoms with Gasteiger partial charge in [-0.2, -0.15) is 0 Å². The number of aromatic nitrogens is 2. The summed E-state index contributed by atoms with van der Waals surface area (Å²) in [6.07, 6.45) is 0. The van der Waals surface area contributed by atoms with Gasteiger partial charge in [-0.3, -0.25) is 14.2 Å². The van der Waals surface area contributed by atoms with Crippen molar-refractivity contribution < 1.29 is 4.79 Å². The van der Waals surface area contributed by atoms with E-state index in [1.165, 1.54) is 23.1 Å². The lowest BCUT2D eigenvalue weighted by atomic mass is 10.2. The number of carbonyl (C=O) groups excluding carboxylic acids is 1. The molecule has 0 aliphatic heterocycles. The molecular formula is C19H21N3O2S2. The first-order chi connectivity index (χ1) is 12.4. The molecule has 0 fully saturated rings. The molecule has 0 aliphatic carbocycles. The number of carbonyl (C=O) groups is 1. The van der Waals surface area contributed by atoms with E-state index in [4.69, 9.17) is 0 Å². The first-order valence-corrected chi connectivity index (χ1v) is 10.3. The van der Waals surface area contributed by atoms with Crippen LogP contribution in [0, 0.1) is 12.8 Å². The van der Waals surface area contributed by atoms with Gasteiger partial charge in [-0.15, -0.1) is 11.3 Å². The second-order valence-corrected chi connectivity index (χ2v) is 8.40. The number of nitrogens with zero attached hydrogens (tertiary/aromatic N) is 2. The number of thioether (sulfide) groups is 1. The maximum Gasteiger partial charge on any atom is 0.272 e. The summed E-state index contributed by atoms with van der Waals surface area (Å²) in [4.78, 5) is 29.6. The molecule has 0 atom stereocenters. The molecule has 2 aromatic heterocycles. The fraction of sp³-hybridized carbons (Fsp3) is 0.316. The summed E-state index contributed by atoms with van der Waals surface area (Å²) >= 11 is 2.70. The maximum atomic E-state index is 12.7. The Labute approximate surface area is 160 Å². The minimum absolute atomic E-state index is 0.0275. The van der Waals surface area contributed by atoms with E-state index in [0.29, 0.717) is 27.8 Å². The highest BCUT2D eigenvalue weighted by molar-refractivity contribution is 7.99. The molecule has 3 aromatic rings. The Morgan fingerprint density at radius 2 is 2.15 bits per heavy atom. The minimum Gasteiger partial charge on any atom is -0.325 e. The molecule has 0 bridgehead atoms. The van der Waals surface area contributed by atoms with E-state index in [1.807, 2.05) is 42.6 Å². The Morgan fingerprint density at radius 3 is 2.88 bits per heavy atom.